The van der Waals surface area contributed by atoms with Crippen LogP contribution in [0, 0.1) is 11.8 Å². The van der Waals surface area contributed by atoms with Crippen LogP contribution < -0.4 is 14.4 Å². The first-order valence-electron chi connectivity index (χ1n) is 16.9. The maximum Gasteiger partial charge on any atom is 0.265 e. The molecule has 2 N–H and O–H groups in total. The second-order valence-corrected chi connectivity index (χ2v) is 13.5. The highest BCUT2D eigenvalue weighted by Crippen LogP contribution is 2.57. The molecular formula is C38H38N4O8. The molecule has 8 rings (SSSR count). The molecule has 2 fully saturated rings. The molecule has 4 atom stereocenters. The maximum absolute atomic E-state index is 14.8. The van der Waals surface area contributed by atoms with Gasteiger partial charge in [-0.2, -0.15) is 0 Å². The van der Waals surface area contributed by atoms with Crippen LogP contribution in [0.25, 0.3) is 5.76 Å². The first-order chi connectivity index (χ1) is 24.3. The molecule has 0 amide bonds. The molecule has 258 valence electrons. The van der Waals surface area contributed by atoms with E-state index in [4.69, 9.17) is 18.7 Å². The van der Waals surface area contributed by atoms with Gasteiger partial charge in [-0.05, 0) is 35.0 Å². The van der Waals surface area contributed by atoms with Crippen molar-refractivity contribution in [1.29, 1.82) is 0 Å². The second kappa shape index (κ2) is 12.7. The van der Waals surface area contributed by atoms with Crippen LogP contribution >= 0.6 is 0 Å². The number of hydrogen-bond donors (Lipinski definition) is 2. The molecule has 1 saturated carbocycles. The molecule has 0 spiro atoms. The van der Waals surface area contributed by atoms with Gasteiger partial charge in [0.25, 0.3) is 5.88 Å². The molecule has 50 heavy (non-hydrogen) atoms. The van der Waals surface area contributed by atoms with Crippen molar-refractivity contribution >= 4 is 23.1 Å². The molecule has 2 aromatic heterocycles. The number of anilines is 1. The Morgan fingerprint density at radius 1 is 0.940 bits per heavy atom. The van der Waals surface area contributed by atoms with E-state index in [2.05, 4.69) is 15.0 Å². The van der Waals surface area contributed by atoms with Crippen molar-refractivity contribution in [1.82, 2.24) is 15.0 Å². The lowest BCUT2D eigenvalue weighted by Gasteiger charge is -2.50. The Labute approximate surface area is 288 Å². The lowest BCUT2D eigenvalue weighted by Crippen LogP contribution is -2.64. The highest BCUT2D eigenvalue weighted by Gasteiger charge is 2.66. The van der Waals surface area contributed by atoms with Crippen molar-refractivity contribution in [2.24, 2.45) is 11.8 Å². The number of carbonyl (C=O) groups is 2. The van der Waals surface area contributed by atoms with E-state index < -0.39 is 35.0 Å². The Morgan fingerprint density at radius 3 is 2.26 bits per heavy atom. The summed E-state index contributed by atoms with van der Waals surface area (Å²) in [6.07, 6.45) is 2.10. The van der Waals surface area contributed by atoms with Gasteiger partial charge < -0.3 is 33.8 Å². The molecule has 0 bridgehead atoms. The smallest absolute Gasteiger partial charge is 0.265 e. The number of hydrogen-bond acceptors (Lipinski definition) is 12. The van der Waals surface area contributed by atoms with Gasteiger partial charge in [0.15, 0.2) is 11.4 Å². The van der Waals surface area contributed by atoms with Gasteiger partial charge in [0.1, 0.15) is 36.1 Å². The summed E-state index contributed by atoms with van der Waals surface area (Å²) in [4.78, 5) is 38.0. The summed E-state index contributed by atoms with van der Waals surface area (Å²) < 4.78 is 23.7. The Kier molecular flexibility index (Phi) is 8.17. The Hall–Kier alpha value is -5.04. The third-order valence-corrected chi connectivity index (χ3v) is 10.4. The topological polar surface area (TPSA) is 148 Å². The minimum atomic E-state index is -2.51. The number of nitrogens with zero attached hydrogens (tertiary/aromatic N) is 4. The third kappa shape index (κ3) is 5.17. The number of aromatic nitrogens is 2. The van der Waals surface area contributed by atoms with Gasteiger partial charge in [0.2, 0.25) is 11.6 Å². The SMILES string of the molecule is CN(C)c1ncc(OCc2ccccc2)c2c1C[C@H]1C[C@H]3[C@H](N4CCOCC4)c4onc(OCc5ccccc5)c4C(=O)[C@@]3(O)C(=O)C1=C2O. The zero-order chi connectivity index (χ0) is 34.6. The molecule has 0 radical (unpaired) electrons. The van der Waals surface area contributed by atoms with Crippen LogP contribution in [0.4, 0.5) is 5.82 Å². The zero-order valence-corrected chi connectivity index (χ0v) is 27.9. The van der Waals surface area contributed by atoms with Gasteiger partial charge >= 0.3 is 0 Å². The van der Waals surface area contributed by atoms with Crippen molar-refractivity contribution in [3.05, 3.63) is 106 Å². The molecule has 12 heteroatoms. The predicted octanol–water partition coefficient (Wildman–Crippen LogP) is 4.32. The van der Waals surface area contributed by atoms with Crippen LogP contribution in [0.3, 0.4) is 0 Å². The molecule has 4 aliphatic rings. The standard InChI is InChI=1S/C38H38N4O8/c1-41(2)36-25-17-24-18-26-31(42-13-15-47-16-14-42)33-30(37(40-50-33)49-21-23-11-7-4-8-12-23)35(45)38(26,46)34(44)28(24)32(43)29(25)27(19-39-36)48-20-22-9-5-3-6-10-22/h3-12,19,24,26,31,43,46H,13-18,20-21H2,1-2H3/t24-,26-,31-,38-/m0/s1. The van der Waals surface area contributed by atoms with Gasteiger partial charge in [0.05, 0.1) is 31.0 Å². The van der Waals surface area contributed by atoms with E-state index in [1.807, 2.05) is 79.7 Å². The predicted molar refractivity (Wildman–Crippen MR) is 181 cm³/mol. The number of carbonyl (C=O) groups excluding carboxylic acids is 2. The highest BCUT2D eigenvalue weighted by atomic mass is 16.5. The first-order valence-corrected chi connectivity index (χ1v) is 16.9. The van der Waals surface area contributed by atoms with Gasteiger partial charge in [-0.25, -0.2) is 4.98 Å². The van der Waals surface area contributed by atoms with Crippen molar-refractivity contribution in [3.8, 4) is 11.6 Å². The Balaban J connectivity index is 1.22. The van der Waals surface area contributed by atoms with Crippen LogP contribution in [-0.4, -0.2) is 82.8 Å². The molecule has 2 aromatic carbocycles. The summed E-state index contributed by atoms with van der Waals surface area (Å²) >= 11 is 0. The Bertz CT molecular complexity index is 1970. The van der Waals surface area contributed by atoms with Crippen LogP contribution in [0.2, 0.25) is 0 Å². The molecule has 3 heterocycles. The van der Waals surface area contributed by atoms with Crippen molar-refractivity contribution in [2.45, 2.75) is 37.7 Å². The second-order valence-electron chi connectivity index (χ2n) is 13.5. The summed E-state index contributed by atoms with van der Waals surface area (Å²) in [5.74, 6) is -2.27. The van der Waals surface area contributed by atoms with E-state index in [1.165, 1.54) is 0 Å². The van der Waals surface area contributed by atoms with E-state index in [1.54, 1.807) is 6.20 Å². The number of benzene rings is 2. The fraction of sp³-hybridized carbons (Fsp3) is 0.368. The van der Waals surface area contributed by atoms with E-state index in [0.29, 0.717) is 49.9 Å². The summed E-state index contributed by atoms with van der Waals surface area (Å²) in [6, 6.07) is 18.3. The average molecular weight is 679 g/mol. The number of pyridine rings is 1. The molecular weight excluding hydrogens is 640 g/mol. The number of ether oxygens (including phenoxy) is 3. The lowest BCUT2D eigenvalue weighted by molar-refractivity contribution is -0.145. The fourth-order valence-corrected chi connectivity index (χ4v) is 8.03. The van der Waals surface area contributed by atoms with Crippen molar-refractivity contribution < 1.29 is 38.5 Å². The quantitative estimate of drug-likeness (QED) is 0.256. The molecule has 12 nitrogen and oxygen atoms in total. The molecule has 1 saturated heterocycles. The number of morpholine rings is 1. The van der Waals surface area contributed by atoms with E-state index in [9.17, 15) is 19.8 Å². The molecule has 3 aliphatic carbocycles. The van der Waals surface area contributed by atoms with Crippen LogP contribution in [0.1, 0.15) is 50.8 Å². The monoisotopic (exact) mass is 678 g/mol. The van der Waals surface area contributed by atoms with Gasteiger partial charge in [-0.3, -0.25) is 14.5 Å². The minimum absolute atomic E-state index is 0.0115. The van der Waals surface area contributed by atoms with Crippen LogP contribution in [-0.2, 0) is 29.2 Å². The third-order valence-electron chi connectivity index (χ3n) is 10.4. The highest BCUT2D eigenvalue weighted by molar-refractivity contribution is 6.26. The summed E-state index contributed by atoms with van der Waals surface area (Å²) in [7, 11) is 3.73. The molecule has 1 aliphatic heterocycles. The average Bonchev–Trinajstić information content (AvgIpc) is 3.56. The first kappa shape index (κ1) is 32.2. The number of ketones is 2. The van der Waals surface area contributed by atoms with E-state index in [-0.39, 0.29) is 48.2 Å². The van der Waals surface area contributed by atoms with Gasteiger partial charge in [0, 0.05) is 44.2 Å². The summed E-state index contributed by atoms with van der Waals surface area (Å²) in [5, 5.41) is 28.8. The van der Waals surface area contributed by atoms with Crippen LogP contribution in [0.5, 0.6) is 11.6 Å². The number of aliphatic hydroxyl groups excluding tert-OH is 1. The van der Waals surface area contributed by atoms with Gasteiger partial charge in [-0.1, -0.05) is 60.7 Å². The van der Waals surface area contributed by atoms with Crippen molar-refractivity contribution in [2.75, 3.05) is 45.3 Å². The lowest BCUT2D eigenvalue weighted by atomic mass is 9.57. The molecule has 4 aromatic rings. The Morgan fingerprint density at radius 2 is 1.60 bits per heavy atom. The largest absolute Gasteiger partial charge is 0.507 e. The van der Waals surface area contributed by atoms with Crippen molar-refractivity contribution in [3.63, 3.8) is 0 Å². The van der Waals surface area contributed by atoms with Crippen LogP contribution in [0.15, 0.2) is 77.0 Å². The fourth-order valence-electron chi connectivity index (χ4n) is 8.03. The number of Topliss-reactive ketones (excluding diaryl/α,β-unsaturated/α-hetero) is 2. The zero-order valence-electron chi connectivity index (χ0n) is 27.9. The summed E-state index contributed by atoms with van der Waals surface area (Å²) in [6.45, 7) is 2.19. The summed E-state index contributed by atoms with van der Waals surface area (Å²) in [5.41, 5.74) is 0.285. The van der Waals surface area contributed by atoms with E-state index >= 15 is 0 Å². The number of rotatable bonds is 8. The maximum atomic E-state index is 14.8. The van der Waals surface area contributed by atoms with E-state index in [0.717, 1.165) is 16.7 Å². The molecule has 0 unspecified atom stereocenters. The van der Waals surface area contributed by atoms with Gasteiger partial charge in [-0.15, -0.1) is 0 Å². The minimum Gasteiger partial charge on any atom is -0.507 e. The normalized spacial score (nSPS) is 24.6. The number of aliphatic hydroxyl groups is 2. The number of fused-ring (bicyclic) bond motifs is 4.